The number of carbonyl (C=O) groups excluding carboxylic acids is 1. The second-order valence-corrected chi connectivity index (χ2v) is 6.03. The molecule has 4 nitrogen and oxygen atoms in total. The Hall–Kier alpha value is -0.610. The van der Waals surface area contributed by atoms with Crippen molar-refractivity contribution in [1.29, 1.82) is 0 Å². The van der Waals surface area contributed by atoms with Gasteiger partial charge in [0.05, 0.1) is 12.1 Å². The summed E-state index contributed by atoms with van der Waals surface area (Å²) in [5, 5.41) is 6.30. The molecule has 0 aromatic heterocycles. The third kappa shape index (κ3) is 3.69. The van der Waals surface area contributed by atoms with Crippen molar-refractivity contribution in [2.24, 2.45) is 0 Å². The van der Waals surface area contributed by atoms with Crippen LogP contribution >= 0.6 is 0 Å². The molecule has 0 aromatic rings. The van der Waals surface area contributed by atoms with E-state index in [4.69, 9.17) is 4.74 Å². The predicted molar refractivity (Wildman–Crippen MR) is 71.5 cm³/mol. The molecule has 104 valence electrons. The quantitative estimate of drug-likeness (QED) is 0.801. The Bertz CT molecular complexity index is 286. The molecule has 1 aliphatic heterocycles. The highest BCUT2D eigenvalue weighted by atomic mass is 16.5. The van der Waals surface area contributed by atoms with E-state index in [0.717, 1.165) is 19.4 Å². The molecule has 0 radical (unpaired) electrons. The number of amides is 1. The monoisotopic (exact) mass is 254 g/mol. The molecule has 1 saturated carbocycles. The van der Waals surface area contributed by atoms with Crippen molar-refractivity contribution in [2.75, 3.05) is 13.2 Å². The summed E-state index contributed by atoms with van der Waals surface area (Å²) in [6, 6.07) is 0.657. The van der Waals surface area contributed by atoms with Crippen LogP contribution in [0.5, 0.6) is 0 Å². The molecule has 0 bridgehead atoms. The van der Waals surface area contributed by atoms with Gasteiger partial charge in [0.25, 0.3) is 0 Å². The van der Waals surface area contributed by atoms with E-state index < -0.39 is 0 Å². The molecule has 4 heteroatoms. The van der Waals surface area contributed by atoms with E-state index in [9.17, 15) is 4.79 Å². The van der Waals surface area contributed by atoms with E-state index >= 15 is 0 Å². The molecule has 2 aliphatic rings. The van der Waals surface area contributed by atoms with Crippen molar-refractivity contribution in [3.8, 4) is 0 Å². The van der Waals surface area contributed by atoms with Gasteiger partial charge in [-0.05, 0) is 39.5 Å². The van der Waals surface area contributed by atoms with Crippen molar-refractivity contribution in [3.63, 3.8) is 0 Å². The summed E-state index contributed by atoms with van der Waals surface area (Å²) in [5.74, 6) is 0.0944. The van der Waals surface area contributed by atoms with Crippen LogP contribution in [-0.4, -0.2) is 36.7 Å². The van der Waals surface area contributed by atoms with Gasteiger partial charge >= 0.3 is 0 Å². The normalized spacial score (nSPS) is 26.7. The first kappa shape index (κ1) is 13.8. The van der Waals surface area contributed by atoms with E-state index in [1.54, 1.807) is 0 Å². The molecule has 2 rings (SSSR count). The van der Waals surface area contributed by atoms with Crippen LogP contribution in [0.3, 0.4) is 0 Å². The van der Waals surface area contributed by atoms with Crippen LogP contribution in [0.15, 0.2) is 0 Å². The summed E-state index contributed by atoms with van der Waals surface area (Å²) in [5.41, 5.74) is 0.129. The summed E-state index contributed by atoms with van der Waals surface area (Å²) in [6.07, 6.45) is 7.08. The molecule has 1 amide bonds. The summed E-state index contributed by atoms with van der Waals surface area (Å²) >= 11 is 0. The smallest absolute Gasteiger partial charge is 0.234 e. The number of rotatable bonds is 4. The first-order valence-corrected chi connectivity index (χ1v) is 7.26. The molecule has 1 heterocycles. The van der Waals surface area contributed by atoms with Crippen molar-refractivity contribution in [1.82, 2.24) is 10.6 Å². The molecule has 1 spiro atoms. The molecule has 2 N–H and O–H groups in total. The fourth-order valence-electron chi connectivity index (χ4n) is 3.18. The molecule has 1 saturated heterocycles. The summed E-state index contributed by atoms with van der Waals surface area (Å²) in [4.78, 5) is 11.6. The maximum atomic E-state index is 11.6. The van der Waals surface area contributed by atoms with Gasteiger partial charge in [0.15, 0.2) is 0 Å². The van der Waals surface area contributed by atoms with Gasteiger partial charge in [-0.25, -0.2) is 0 Å². The lowest BCUT2D eigenvalue weighted by atomic mass is 9.89. The largest absolute Gasteiger partial charge is 0.375 e. The highest BCUT2D eigenvalue weighted by Gasteiger charge is 2.39. The van der Waals surface area contributed by atoms with Crippen LogP contribution in [-0.2, 0) is 9.53 Å². The molecular formula is C14H26N2O2. The van der Waals surface area contributed by atoms with E-state index in [0.29, 0.717) is 12.6 Å². The third-order valence-corrected chi connectivity index (χ3v) is 4.01. The molecule has 1 aliphatic carbocycles. The van der Waals surface area contributed by atoms with Gasteiger partial charge in [0.1, 0.15) is 0 Å². The second-order valence-electron chi connectivity index (χ2n) is 6.03. The Morgan fingerprint density at radius 2 is 2.11 bits per heavy atom. The Morgan fingerprint density at radius 3 is 2.78 bits per heavy atom. The molecule has 1 unspecified atom stereocenters. The average Bonchev–Trinajstić information content (AvgIpc) is 2.74. The topological polar surface area (TPSA) is 50.4 Å². The minimum absolute atomic E-state index is 0.0944. The first-order chi connectivity index (χ1) is 8.60. The molecule has 18 heavy (non-hydrogen) atoms. The maximum Gasteiger partial charge on any atom is 0.234 e. The van der Waals surface area contributed by atoms with E-state index in [2.05, 4.69) is 10.6 Å². The van der Waals surface area contributed by atoms with Gasteiger partial charge in [-0.2, -0.15) is 0 Å². The lowest BCUT2D eigenvalue weighted by Crippen LogP contribution is -2.48. The van der Waals surface area contributed by atoms with Crippen molar-refractivity contribution >= 4 is 5.91 Å². The minimum Gasteiger partial charge on any atom is -0.375 e. The van der Waals surface area contributed by atoms with Crippen LogP contribution in [0.4, 0.5) is 0 Å². The lowest BCUT2D eigenvalue weighted by Gasteiger charge is -2.38. The highest BCUT2D eigenvalue weighted by molar-refractivity contribution is 5.78. The van der Waals surface area contributed by atoms with Gasteiger partial charge in [-0.3, -0.25) is 4.79 Å². The van der Waals surface area contributed by atoms with E-state index in [1.807, 2.05) is 13.8 Å². The van der Waals surface area contributed by atoms with Gasteiger partial charge in [0, 0.05) is 18.7 Å². The zero-order valence-corrected chi connectivity index (χ0v) is 11.6. The number of ether oxygens (including phenoxy) is 1. The zero-order valence-electron chi connectivity index (χ0n) is 11.6. The second kappa shape index (κ2) is 6.02. The van der Waals surface area contributed by atoms with Crippen LogP contribution in [0, 0.1) is 0 Å². The maximum absolute atomic E-state index is 11.6. The van der Waals surface area contributed by atoms with Gasteiger partial charge in [-0.1, -0.05) is 12.8 Å². The third-order valence-electron chi connectivity index (χ3n) is 4.01. The van der Waals surface area contributed by atoms with Crippen LogP contribution in [0.25, 0.3) is 0 Å². The first-order valence-electron chi connectivity index (χ1n) is 7.26. The van der Waals surface area contributed by atoms with Gasteiger partial charge in [-0.15, -0.1) is 0 Å². The van der Waals surface area contributed by atoms with Gasteiger partial charge < -0.3 is 15.4 Å². The summed E-state index contributed by atoms with van der Waals surface area (Å²) < 4.78 is 5.99. The predicted octanol–water partition coefficient (Wildman–Crippen LogP) is 1.59. The average molecular weight is 254 g/mol. The molecule has 2 fully saturated rings. The SMILES string of the molecule is CC(C)NC(=O)CNC1CCOC2(CCCC2)C1. The zero-order chi connectivity index (χ0) is 13.0. The summed E-state index contributed by atoms with van der Waals surface area (Å²) in [7, 11) is 0. The molecule has 0 aromatic carbocycles. The van der Waals surface area contributed by atoms with Gasteiger partial charge in [0.2, 0.25) is 5.91 Å². The van der Waals surface area contributed by atoms with Crippen LogP contribution in [0.2, 0.25) is 0 Å². The van der Waals surface area contributed by atoms with Crippen LogP contribution < -0.4 is 10.6 Å². The number of carbonyl (C=O) groups is 1. The van der Waals surface area contributed by atoms with Crippen LogP contribution in [0.1, 0.15) is 52.4 Å². The van der Waals surface area contributed by atoms with E-state index in [1.165, 1.54) is 25.7 Å². The van der Waals surface area contributed by atoms with Crippen molar-refractivity contribution < 1.29 is 9.53 Å². The highest BCUT2D eigenvalue weighted by Crippen LogP contribution is 2.39. The molecule has 1 atom stereocenters. The Kier molecular flexibility index (Phi) is 4.62. The summed E-state index contributed by atoms with van der Waals surface area (Å²) in [6.45, 7) is 5.24. The lowest BCUT2D eigenvalue weighted by molar-refractivity contribution is -0.121. The number of nitrogens with one attached hydrogen (secondary N) is 2. The molecular weight excluding hydrogens is 228 g/mol. The fourth-order valence-corrected chi connectivity index (χ4v) is 3.18. The van der Waals surface area contributed by atoms with Crippen molar-refractivity contribution in [3.05, 3.63) is 0 Å². The number of hydrogen-bond donors (Lipinski definition) is 2. The standard InChI is InChI=1S/C14H26N2O2/c1-11(2)16-13(17)10-15-12-5-8-18-14(9-12)6-3-4-7-14/h11-12,15H,3-10H2,1-2H3,(H,16,17). The fraction of sp³-hybridized carbons (Fsp3) is 0.929. The Labute approximate surface area is 110 Å². The Morgan fingerprint density at radius 1 is 1.39 bits per heavy atom. The minimum atomic E-state index is 0.0944. The van der Waals surface area contributed by atoms with Crippen molar-refractivity contribution in [2.45, 2.75) is 70.1 Å². The number of hydrogen-bond acceptors (Lipinski definition) is 3. The van der Waals surface area contributed by atoms with E-state index in [-0.39, 0.29) is 17.6 Å². The Balaban J connectivity index is 1.74.